The van der Waals surface area contributed by atoms with Crippen LogP contribution in [-0.2, 0) is 24.3 Å². The number of nitrogens with zero attached hydrogens (tertiary/aromatic N) is 2. The molecule has 0 fully saturated rings. The average Bonchev–Trinajstić information content (AvgIpc) is 3.29. The first-order chi connectivity index (χ1) is 12.6. The van der Waals surface area contributed by atoms with Crippen molar-refractivity contribution in [2.45, 2.75) is 36.8 Å². The van der Waals surface area contributed by atoms with Crippen molar-refractivity contribution in [1.82, 2.24) is 20.1 Å². The third-order valence-electron chi connectivity index (χ3n) is 3.86. The van der Waals surface area contributed by atoms with Gasteiger partial charge in [0.05, 0.1) is 11.8 Å². The molecule has 0 bridgehead atoms. The summed E-state index contributed by atoms with van der Waals surface area (Å²) in [5.41, 5.74) is 0.896. The number of thioether (sulfide) groups is 1. The third-order valence-corrected chi connectivity index (χ3v) is 5.83. The number of aryl methyl sites for hydroxylation is 1. The lowest BCUT2D eigenvalue weighted by Crippen LogP contribution is -2.30. The predicted molar refractivity (Wildman–Crippen MR) is 104 cm³/mol. The molecule has 1 aromatic carbocycles. The Morgan fingerprint density at radius 1 is 1.31 bits per heavy atom. The highest BCUT2D eigenvalue weighted by atomic mass is 32.2. The molecule has 0 saturated carbocycles. The fourth-order valence-electron chi connectivity index (χ4n) is 2.42. The summed E-state index contributed by atoms with van der Waals surface area (Å²) in [5.74, 6) is -0.0755. The van der Waals surface area contributed by atoms with E-state index in [2.05, 4.69) is 15.5 Å². The second kappa shape index (κ2) is 8.86. The summed E-state index contributed by atoms with van der Waals surface area (Å²) < 4.78 is 1.58. The minimum absolute atomic E-state index is 0.0755. The van der Waals surface area contributed by atoms with Crippen LogP contribution in [0.25, 0.3) is 0 Å². The first-order valence-electron chi connectivity index (χ1n) is 8.29. The van der Waals surface area contributed by atoms with Gasteiger partial charge < -0.3 is 5.32 Å². The molecule has 2 aromatic heterocycles. The minimum Gasteiger partial charge on any atom is -0.350 e. The number of aromatic amines is 1. The molecule has 136 valence electrons. The van der Waals surface area contributed by atoms with Gasteiger partial charge in [0, 0.05) is 11.4 Å². The number of carbonyl (C=O) groups is 1. The first-order valence-corrected chi connectivity index (χ1v) is 10.1. The van der Waals surface area contributed by atoms with Gasteiger partial charge in [-0.25, -0.2) is 9.89 Å². The van der Waals surface area contributed by atoms with Crippen molar-refractivity contribution in [3.05, 3.63) is 68.8 Å². The minimum atomic E-state index is -0.347. The SMILES string of the molecule is C[C@H](Sc1n[nH]c(=O)n1CCc1ccccc1)C(=O)NCc1cccs1. The van der Waals surface area contributed by atoms with Crippen LogP contribution in [0.15, 0.2) is 57.8 Å². The summed E-state index contributed by atoms with van der Waals surface area (Å²) in [6.45, 7) is 2.85. The van der Waals surface area contributed by atoms with Gasteiger partial charge in [-0.05, 0) is 30.4 Å². The molecule has 3 rings (SSSR count). The number of rotatable bonds is 8. The first kappa shape index (κ1) is 18.5. The lowest BCUT2D eigenvalue weighted by Gasteiger charge is -2.11. The van der Waals surface area contributed by atoms with Gasteiger partial charge in [-0.3, -0.25) is 9.36 Å². The van der Waals surface area contributed by atoms with E-state index in [0.29, 0.717) is 18.2 Å². The smallest absolute Gasteiger partial charge is 0.343 e. The van der Waals surface area contributed by atoms with Crippen molar-refractivity contribution in [3.8, 4) is 0 Å². The number of hydrogen-bond donors (Lipinski definition) is 2. The Morgan fingerprint density at radius 3 is 2.85 bits per heavy atom. The molecule has 0 saturated heterocycles. The molecule has 0 aliphatic carbocycles. The van der Waals surface area contributed by atoms with E-state index in [9.17, 15) is 9.59 Å². The fraction of sp³-hybridized carbons (Fsp3) is 0.278. The van der Waals surface area contributed by atoms with E-state index in [1.807, 2.05) is 54.8 Å². The van der Waals surface area contributed by atoms with E-state index in [0.717, 1.165) is 16.9 Å². The Hall–Kier alpha value is -2.32. The van der Waals surface area contributed by atoms with Gasteiger partial charge in [-0.1, -0.05) is 48.2 Å². The number of nitrogens with one attached hydrogen (secondary N) is 2. The van der Waals surface area contributed by atoms with Gasteiger partial charge in [-0.2, -0.15) is 0 Å². The van der Waals surface area contributed by atoms with Crippen LogP contribution in [0.5, 0.6) is 0 Å². The highest BCUT2D eigenvalue weighted by Crippen LogP contribution is 2.20. The maximum Gasteiger partial charge on any atom is 0.343 e. The van der Waals surface area contributed by atoms with Crippen LogP contribution in [0.1, 0.15) is 17.4 Å². The zero-order chi connectivity index (χ0) is 18.4. The van der Waals surface area contributed by atoms with E-state index >= 15 is 0 Å². The van der Waals surface area contributed by atoms with Crippen LogP contribution in [-0.4, -0.2) is 25.9 Å². The lowest BCUT2D eigenvalue weighted by atomic mass is 10.1. The molecule has 3 aromatic rings. The summed E-state index contributed by atoms with van der Waals surface area (Å²) in [7, 11) is 0. The second-order valence-corrected chi connectivity index (χ2v) is 8.10. The van der Waals surface area contributed by atoms with E-state index < -0.39 is 0 Å². The molecule has 0 spiro atoms. The molecule has 26 heavy (non-hydrogen) atoms. The van der Waals surface area contributed by atoms with E-state index in [1.165, 1.54) is 11.8 Å². The fourth-order valence-corrected chi connectivity index (χ4v) is 3.97. The quantitative estimate of drug-likeness (QED) is 0.582. The van der Waals surface area contributed by atoms with Crippen molar-refractivity contribution in [1.29, 1.82) is 0 Å². The van der Waals surface area contributed by atoms with Crippen molar-refractivity contribution in [2.75, 3.05) is 0 Å². The standard InChI is InChI=1S/C18H20N4O2S2/c1-13(16(23)19-12-15-8-5-11-25-15)26-18-21-20-17(24)22(18)10-9-14-6-3-2-4-7-14/h2-8,11,13H,9-10,12H2,1H3,(H,19,23)(H,20,24)/t13-/m0/s1. The Labute approximate surface area is 159 Å². The Balaban J connectivity index is 1.58. The molecule has 1 amide bonds. The number of benzene rings is 1. The lowest BCUT2D eigenvalue weighted by molar-refractivity contribution is -0.120. The van der Waals surface area contributed by atoms with Crippen molar-refractivity contribution in [3.63, 3.8) is 0 Å². The van der Waals surface area contributed by atoms with E-state index in [1.54, 1.807) is 15.9 Å². The molecular weight excluding hydrogens is 368 g/mol. The molecule has 1 atom stereocenters. The van der Waals surface area contributed by atoms with Gasteiger partial charge in [-0.15, -0.1) is 16.4 Å². The summed E-state index contributed by atoms with van der Waals surface area (Å²) in [6, 6.07) is 13.9. The molecule has 0 unspecified atom stereocenters. The van der Waals surface area contributed by atoms with Crippen LogP contribution >= 0.6 is 23.1 Å². The number of thiophene rings is 1. The normalized spacial score (nSPS) is 12.0. The largest absolute Gasteiger partial charge is 0.350 e. The van der Waals surface area contributed by atoms with Crippen LogP contribution in [0.4, 0.5) is 0 Å². The monoisotopic (exact) mass is 388 g/mol. The average molecular weight is 389 g/mol. The van der Waals surface area contributed by atoms with Gasteiger partial charge in [0.2, 0.25) is 5.91 Å². The van der Waals surface area contributed by atoms with Crippen molar-refractivity contribution < 1.29 is 4.79 Å². The van der Waals surface area contributed by atoms with Gasteiger partial charge >= 0.3 is 5.69 Å². The molecule has 6 nitrogen and oxygen atoms in total. The van der Waals surface area contributed by atoms with Crippen LogP contribution in [0.3, 0.4) is 0 Å². The third kappa shape index (κ3) is 4.86. The molecular formula is C18H20N4O2S2. The highest BCUT2D eigenvalue weighted by Gasteiger charge is 2.19. The second-order valence-electron chi connectivity index (χ2n) is 5.76. The summed E-state index contributed by atoms with van der Waals surface area (Å²) >= 11 is 2.89. The number of hydrogen-bond acceptors (Lipinski definition) is 5. The molecule has 0 aliphatic rings. The Kier molecular flexibility index (Phi) is 6.30. The number of amides is 1. The molecule has 0 aliphatic heterocycles. The zero-order valence-corrected chi connectivity index (χ0v) is 16.0. The maximum absolute atomic E-state index is 12.3. The van der Waals surface area contributed by atoms with Crippen LogP contribution < -0.4 is 11.0 Å². The molecule has 2 heterocycles. The van der Waals surface area contributed by atoms with E-state index in [-0.39, 0.29) is 16.8 Å². The summed E-state index contributed by atoms with van der Waals surface area (Å²) in [4.78, 5) is 25.4. The molecule has 0 radical (unpaired) electrons. The summed E-state index contributed by atoms with van der Waals surface area (Å²) in [6.07, 6.45) is 0.729. The maximum atomic E-state index is 12.3. The zero-order valence-electron chi connectivity index (χ0n) is 14.3. The molecule has 2 N–H and O–H groups in total. The predicted octanol–water partition coefficient (Wildman–Crippen LogP) is 2.67. The van der Waals surface area contributed by atoms with Gasteiger partial charge in [0.1, 0.15) is 0 Å². The van der Waals surface area contributed by atoms with Gasteiger partial charge in [0.25, 0.3) is 0 Å². The summed E-state index contributed by atoms with van der Waals surface area (Å²) in [5, 5.41) is 11.6. The van der Waals surface area contributed by atoms with Crippen molar-refractivity contribution >= 4 is 29.0 Å². The van der Waals surface area contributed by atoms with Crippen molar-refractivity contribution in [2.24, 2.45) is 0 Å². The number of H-pyrrole nitrogens is 1. The van der Waals surface area contributed by atoms with Gasteiger partial charge in [0.15, 0.2) is 5.16 Å². The van der Waals surface area contributed by atoms with E-state index in [4.69, 9.17) is 0 Å². The topological polar surface area (TPSA) is 79.8 Å². The number of aromatic nitrogens is 3. The highest BCUT2D eigenvalue weighted by molar-refractivity contribution is 8.00. The van der Waals surface area contributed by atoms with Crippen LogP contribution in [0.2, 0.25) is 0 Å². The number of carbonyl (C=O) groups excluding carboxylic acids is 1. The Morgan fingerprint density at radius 2 is 2.12 bits per heavy atom. The Bertz CT molecular complexity index is 888. The van der Waals surface area contributed by atoms with Crippen LogP contribution in [0, 0.1) is 0 Å². The molecule has 8 heteroatoms.